The predicted octanol–water partition coefficient (Wildman–Crippen LogP) is 2.89. The van der Waals surface area contributed by atoms with Crippen LogP contribution in [0.2, 0.25) is 0 Å². The molecule has 1 aromatic rings. The van der Waals surface area contributed by atoms with Crippen molar-refractivity contribution in [2.45, 2.75) is 24.9 Å². The molecule has 0 radical (unpaired) electrons. The molecule has 112 valence electrons. The van der Waals surface area contributed by atoms with Crippen molar-refractivity contribution in [1.29, 1.82) is 0 Å². The fourth-order valence-electron chi connectivity index (χ4n) is 1.70. The molecule has 1 atom stereocenters. The standard InChI is InChI=1S/C14H17N3O2S2/c1-3-15-13(19)17-12(18)9(2)21-14-16-11-7-5-4-6-10(11)8-20-14/h4-7,9H,3,8H2,1-2H3,(H2,15,17,18,19). The number of carbonyl (C=O) groups excluding carboxylic acids is 2. The van der Waals surface area contributed by atoms with Gasteiger partial charge in [-0.15, -0.1) is 0 Å². The third-order valence-corrected chi connectivity index (χ3v) is 5.07. The van der Waals surface area contributed by atoms with Crippen LogP contribution in [0.3, 0.4) is 0 Å². The van der Waals surface area contributed by atoms with E-state index in [1.165, 1.54) is 17.3 Å². The summed E-state index contributed by atoms with van der Waals surface area (Å²) in [4.78, 5) is 27.8. The van der Waals surface area contributed by atoms with Crippen LogP contribution in [0.4, 0.5) is 10.5 Å². The van der Waals surface area contributed by atoms with E-state index in [9.17, 15) is 9.59 Å². The van der Waals surface area contributed by atoms with Gasteiger partial charge in [0.2, 0.25) is 5.91 Å². The maximum Gasteiger partial charge on any atom is 0.321 e. The first-order chi connectivity index (χ1) is 10.1. The molecule has 2 N–H and O–H groups in total. The van der Waals surface area contributed by atoms with E-state index >= 15 is 0 Å². The predicted molar refractivity (Wildman–Crippen MR) is 89.1 cm³/mol. The SMILES string of the molecule is CCNC(=O)NC(=O)C(C)SC1=Nc2ccccc2CS1. The quantitative estimate of drug-likeness (QED) is 0.897. The number of fused-ring (bicyclic) bond motifs is 1. The highest BCUT2D eigenvalue weighted by atomic mass is 32.2. The Morgan fingerprint density at radius 2 is 2.19 bits per heavy atom. The second-order valence-corrected chi connectivity index (χ2v) is 6.96. The van der Waals surface area contributed by atoms with Gasteiger partial charge >= 0.3 is 6.03 Å². The van der Waals surface area contributed by atoms with Gasteiger partial charge < -0.3 is 5.32 Å². The highest BCUT2D eigenvalue weighted by molar-refractivity contribution is 8.39. The molecular formula is C14H17N3O2S2. The average molecular weight is 323 g/mol. The second kappa shape index (κ2) is 7.51. The molecule has 21 heavy (non-hydrogen) atoms. The summed E-state index contributed by atoms with van der Waals surface area (Å²) >= 11 is 2.99. The molecule has 1 aliphatic heterocycles. The number of hydrogen-bond donors (Lipinski definition) is 2. The van der Waals surface area contributed by atoms with E-state index in [0.717, 1.165) is 15.8 Å². The van der Waals surface area contributed by atoms with Crippen LogP contribution in [0.15, 0.2) is 29.3 Å². The van der Waals surface area contributed by atoms with E-state index in [1.807, 2.05) is 18.2 Å². The fourth-order valence-corrected chi connectivity index (χ4v) is 3.88. The van der Waals surface area contributed by atoms with Crippen molar-refractivity contribution in [1.82, 2.24) is 10.6 Å². The third-order valence-electron chi connectivity index (χ3n) is 2.78. The van der Waals surface area contributed by atoms with Crippen molar-refractivity contribution in [3.05, 3.63) is 29.8 Å². The van der Waals surface area contributed by atoms with Gasteiger partial charge in [0.05, 0.1) is 10.9 Å². The molecular weight excluding hydrogens is 306 g/mol. The average Bonchev–Trinajstić information content (AvgIpc) is 2.47. The van der Waals surface area contributed by atoms with Crippen LogP contribution in [0, 0.1) is 0 Å². The molecule has 0 saturated heterocycles. The van der Waals surface area contributed by atoms with Gasteiger partial charge in [-0.1, -0.05) is 41.7 Å². The summed E-state index contributed by atoms with van der Waals surface area (Å²) in [6.45, 7) is 4.05. The Labute approximate surface area is 132 Å². The van der Waals surface area contributed by atoms with Gasteiger partial charge in [-0.3, -0.25) is 10.1 Å². The molecule has 0 aliphatic carbocycles. The number of aliphatic imine (C=N–C) groups is 1. The number of hydrogen-bond acceptors (Lipinski definition) is 5. The van der Waals surface area contributed by atoms with Gasteiger partial charge in [0.15, 0.2) is 0 Å². The van der Waals surface area contributed by atoms with Crippen LogP contribution in [0.25, 0.3) is 0 Å². The normalized spacial score (nSPS) is 14.7. The van der Waals surface area contributed by atoms with Crippen LogP contribution in [0.5, 0.6) is 0 Å². The molecule has 7 heteroatoms. The Morgan fingerprint density at radius 1 is 1.43 bits per heavy atom. The summed E-state index contributed by atoms with van der Waals surface area (Å²) in [5, 5.41) is 4.48. The number of para-hydroxylation sites is 1. The molecule has 1 unspecified atom stereocenters. The third kappa shape index (κ3) is 4.50. The van der Waals surface area contributed by atoms with Gasteiger partial charge in [0.1, 0.15) is 4.38 Å². The molecule has 1 aliphatic rings. The molecule has 0 saturated carbocycles. The number of rotatable bonds is 3. The summed E-state index contributed by atoms with van der Waals surface area (Å²) in [6.07, 6.45) is 0. The Bertz CT molecular complexity index is 575. The number of urea groups is 1. The Kier molecular flexibility index (Phi) is 5.69. The van der Waals surface area contributed by atoms with E-state index in [2.05, 4.69) is 21.7 Å². The summed E-state index contributed by atoms with van der Waals surface area (Å²) in [5.41, 5.74) is 2.15. The zero-order valence-corrected chi connectivity index (χ0v) is 13.5. The lowest BCUT2D eigenvalue weighted by atomic mass is 10.2. The lowest BCUT2D eigenvalue weighted by Gasteiger charge is -2.17. The number of thioether (sulfide) groups is 2. The Hall–Kier alpha value is -1.47. The number of nitrogens with one attached hydrogen (secondary N) is 2. The lowest BCUT2D eigenvalue weighted by Crippen LogP contribution is -2.42. The van der Waals surface area contributed by atoms with E-state index in [0.29, 0.717) is 6.54 Å². The molecule has 3 amide bonds. The van der Waals surface area contributed by atoms with Gasteiger partial charge in [0.25, 0.3) is 0 Å². The zero-order valence-electron chi connectivity index (χ0n) is 11.9. The first-order valence-corrected chi connectivity index (χ1v) is 8.51. The largest absolute Gasteiger partial charge is 0.338 e. The first-order valence-electron chi connectivity index (χ1n) is 6.65. The number of carbonyl (C=O) groups is 2. The maximum absolute atomic E-state index is 11.9. The number of amides is 3. The van der Waals surface area contributed by atoms with Crippen molar-refractivity contribution in [3.63, 3.8) is 0 Å². The van der Waals surface area contributed by atoms with Gasteiger partial charge in [-0.05, 0) is 25.5 Å². The topological polar surface area (TPSA) is 70.6 Å². The highest BCUT2D eigenvalue weighted by Crippen LogP contribution is 2.35. The molecule has 1 aromatic carbocycles. The highest BCUT2D eigenvalue weighted by Gasteiger charge is 2.21. The van der Waals surface area contributed by atoms with Crippen molar-refractivity contribution in [3.8, 4) is 0 Å². The molecule has 1 heterocycles. The molecule has 5 nitrogen and oxygen atoms in total. The minimum absolute atomic E-state index is 0.312. The van der Waals surface area contributed by atoms with Crippen LogP contribution in [-0.4, -0.2) is 28.1 Å². The van der Waals surface area contributed by atoms with E-state index in [4.69, 9.17) is 0 Å². The Balaban J connectivity index is 1.94. The molecule has 0 aromatic heterocycles. The fraction of sp³-hybridized carbons (Fsp3) is 0.357. The summed E-state index contributed by atoms with van der Waals surface area (Å²) in [6, 6.07) is 7.51. The van der Waals surface area contributed by atoms with Crippen molar-refractivity contribution in [2.24, 2.45) is 4.99 Å². The maximum atomic E-state index is 11.9. The Morgan fingerprint density at radius 3 is 2.95 bits per heavy atom. The second-order valence-electron chi connectivity index (χ2n) is 4.40. The van der Waals surface area contributed by atoms with Gasteiger partial charge in [0, 0.05) is 12.3 Å². The molecule has 0 fully saturated rings. The van der Waals surface area contributed by atoms with Crippen LogP contribution < -0.4 is 10.6 Å². The van der Waals surface area contributed by atoms with Gasteiger partial charge in [-0.2, -0.15) is 0 Å². The molecule has 2 rings (SSSR count). The zero-order chi connectivity index (χ0) is 15.2. The summed E-state index contributed by atoms with van der Waals surface area (Å²) < 4.78 is 0.854. The van der Waals surface area contributed by atoms with E-state index in [1.54, 1.807) is 25.6 Å². The van der Waals surface area contributed by atoms with Crippen LogP contribution in [-0.2, 0) is 10.5 Å². The first kappa shape index (κ1) is 15.9. The minimum Gasteiger partial charge on any atom is -0.338 e. The number of benzene rings is 1. The van der Waals surface area contributed by atoms with Crippen molar-refractivity contribution >= 4 is 45.5 Å². The van der Waals surface area contributed by atoms with E-state index in [-0.39, 0.29) is 11.2 Å². The summed E-state index contributed by atoms with van der Waals surface area (Å²) in [7, 11) is 0. The molecule has 0 spiro atoms. The van der Waals surface area contributed by atoms with E-state index < -0.39 is 6.03 Å². The number of nitrogens with zero attached hydrogens (tertiary/aromatic N) is 1. The minimum atomic E-state index is -0.460. The summed E-state index contributed by atoms with van der Waals surface area (Å²) in [5.74, 6) is 0.542. The van der Waals surface area contributed by atoms with Crippen LogP contribution in [0.1, 0.15) is 19.4 Å². The smallest absolute Gasteiger partial charge is 0.321 e. The van der Waals surface area contributed by atoms with Crippen molar-refractivity contribution in [2.75, 3.05) is 6.54 Å². The number of imide groups is 1. The monoisotopic (exact) mass is 323 g/mol. The van der Waals surface area contributed by atoms with Gasteiger partial charge in [-0.25, -0.2) is 9.79 Å². The molecule has 0 bridgehead atoms. The van der Waals surface area contributed by atoms with Crippen LogP contribution >= 0.6 is 23.5 Å². The lowest BCUT2D eigenvalue weighted by molar-refractivity contribution is -0.119. The van der Waals surface area contributed by atoms with Crippen molar-refractivity contribution < 1.29 is 9.59 Å².